The van der Waals surface area contributed by atoms with E-state index >= 15 is 0 Å². The summed E-state index contributed by atoms with van der Waals surface area (Å²) in [5, 5.41) is 6.33. The van der Waals surface area contributed by atoms with Crippen molar-refractivity contribution >= 4 is 11.6 Å². The first kappa shape index (κ1) is 10.5. The van der Waals surface area contributed by atoms with Gasteiger partial charge in [-0.3, -0.25) is 4.68 Å². The summed E-state index contributed by atoms with van der Waals surface area (Å²) in [7, 11) is 0. The smallest absolute Gasteiger partial charge is 0.130 e. The number of nitrogens with zero attached hydrogens (tertiary/aromatic N) is 2. The highest BCUT2D eigenvalue weighted by Gasteiger charge is 2.19. The minimum absolute atomic E-state index is 0.0389. The Hall–Kier alpha value is -1.68. The number of hydrogen-bond donors (Lipinski definition) is 1. The minimum Gasteiger partial charge on any atom is -0.326 e. The van der Waals surface area contributed by atoms with Gasteiger partial charge in [0, 0.05) is 16.8 Å². The second-order valence-electron chi connectivity index (χ2n) is 4.59. The van der Waals surface area contributed by atoms with Gasteiger partial charge in [0.05, 0.1) is 18.1 Å². The molecular formula is C13H14FN3. The number of aromatic nitrogens is 2. The largest absolute Gasteiger partial charge is 0.326 e. The molecule has 0 fully saturated rings. The van der Waals surface area contributed by atoms with Crippen LogP contribution in [-0.2, 0) is 6.54 Å². The first-order valence-electron chi connectivity index (χ1n) is 5.76. The van der Waals surface area contributed by atoms with Gasteiger partial charge in [0.15, 0.2) is 0 Å². The molecule has 1 aromatic heterocycles. The molecule has 0 aromatic carbocycles. The van der Waals surface area contributed by atoms with Crippen molar-refractivity contribution in [2.45, 2.75) is 25.9 Å². The van der Waals surface area contributed by atoms with Gasteiger partial charge in [0.1, 0.15) is 5.83 Å². The van der Waals surface area contributed by atoms with Gasteiger partial charge >= 0.3 is 0 Å². The number of fused-ring (bicyclic) bond motifs is 2. The predicted octanol–water partition coefficient (Wildman–Crippen LogP) is 0.359. The fourth-order valence-electron chi connectivity index (χ4n) is 2.37. The molecule has 3 rings (SSSR count). The van der Waals surface area contributed by atoms with E-state index < -0.39 is 0 Å². The lowest BCUT2D eigenvalue weighted by molar-refractivity contribution is 0.527. The van der Waals surface area contributed by atoms with Gasteiger partial charge in [-0.1, -0.05) is 6.08 Å². The third-order valence-corrected chi connectivity index (χ3v) is 3.12. The van der Waals surface area contributed by atoms with Crippen molar-refractivity contribution in [2.24, 2.45) is 5.73 Å². The summed E-state index contributed by atoms with van der Waals surface area (Å²) < 4.78 is 15.5. The third-order valence-electron chi connectivity index (χ3n) is 3.12. The van der Waals surface area contributed by atoms with E-state index in [0.29, 0.717) is 12.1 Å². The van der Waals surface area contributed by atoms with E-state index in [0.717, 1.165) is 22.6 Å². The number of rotatable bonds is 2. The molecule has 0 amide bonds. The monoisotopic (exact) mass is 231 g/mol. The first-order valence-corrected chi connectivity index (χ1v) is 5.76. The zero-order valence-corrected chi connectivity index (χ0v) is 9.65. The molecule has 3 nitrogen and oxygen atoms in total. The first-order chi connectivity index (χ1) is 8.16. The molecule has 1 aromatic rings. The summed E-state index contributed by atoms with van der Waals surface area (Å²) in [6, 6.07) is 0.0389. The van der Waals surface area contributed by atoms with Gasteiger partial charge in [0.25, 0.3) is 0 Å². The molecule has 2 aliphatic rings. The number of nitrogens with two attached hydrogens (primary N) is 1. The summed E-state index contributed by atoms with van der Waals surface area (Å²) in [5.74, 6) is -0.158. The molecule has 17 heavy (non-hydrogen) atoms. The SMILES string of the molecule is C[C@@H](N)Cn1ncc2c1=CC1=C(F)C=CCC=21. The summed E-state index contributed by atoms with van der Waals surface area (Å²) in [5.41, 5.74) is 7.52. The standard InChI is InChI=1S/C13H14FN3/c1-8(15)7-17-13-5-10-9(11(13)6-16-17)3-2-4-12(10)14/h2,4-6,8H,3,7,15H2,1H3/t8-/m1/s1. The van der Waals surface area contributed by atoms with E-state index in [1.54, 1.807) is 0 Å². The molecule has 0 spiro atoms. The summed E-state index contributed by atoms with van der Waals surface area (Å²) in [6.07, 6.45) is 7.84. The second kappa shape index (κ2) is 3.67. The van der Waals surface area contributed by atoms with Crippen molar-refractivity contribution in [1.82, 2.24) is 9.78 Å². The number of hydrogen-bond acceptors (Lipinski definition) is 2. The predicted molar refractivity (Wildman–Crippen MR) is 64.9 cm³/mol. The number of allylic oxidation sites excluding steroid dienone is 4. The van der Waals surface area contributed by atoms with Crippen LogP contribution >= 0.6 is 0 Å². The van der Waals surface area contributed by atoms with Crippen LogP contribution in [0.1, 0.15) is 13.3 Å². The Morgan fingerprint density at radius 1 is 1.59 bits per heavy atom. The lowest BCUT2D eigenvalue weighted by Gasteiger charge is -2.07. The number of halogens is 1. The minimum atomic E-state index is -0.158. The van der Waals surface area contributed by atoms with E-state index in [1.165, 1.54) is 6.08 Å². The molecule has 2 N–H and O–H groups in total. The molecule has 2 aliphatic carbocycles. The van der Waals surface area contributed by atoms with E-state index in [4.69, 9.17) is 5.73 Å². The average Bonchev–Trinajstić information content (AvgIpc) is 2.80. The van der Waals surface area contributed by atoms with E-state index in [2.05, 4.69) is 5.10 Å². The molecule has 0 aliphatic heterocycles. The van der Waals surface area contributed by atoms with E-state index in [1.807, 2.05) is 30.0 Å². The Labute approximate surface area is 98.4 Å². The Bertz CT molecular complexity index is 647. The van der Waals surface area contributed by atoms with Crippen molar-refractivity contribution in [3.8, 4) is 0 Å². The Morgan fingerprint density at radius 3 is 3.18 bits per heavy atom. The van der Waals surface area contributed by atoms with Crippen LogP contribution in [0.5, 0.6) is 0 Å². The van der Waals surface area contributed by atoms with Crippen molar-refractivity contribution < 1.29 is 4.39 Å². The van der Waals surface area contributed by atoms with Crippen LogP contribution in [-0.4, -0.2) is 15.8 Å². The van der Waals surface area contributed by atoms with Crippen molar-refractivity contribution in [3.63, 3.8) is 0 Å². The fourth-order valence-corrected chi connectivity index (χ4v) is 2.37. The average molecular weight is 231 g/mol. The molecular weight excluding hydrogens is 217 g/mol. The van der Waals surface area contributed by atoms with Gasteiger partial charge in [-0.25, -0.2) is 4.39 Å². The molecule has 88 valence electrons. The zero-order chi connectivity index (χ0) is 12.0. The lowest BCUT2D eigenvalue weighted by atomic mass is 10.00. The van der Waals surface area contributed by atoms with E-state index in [-0.39, 0.29) is 11.9 Å². The van der Waals surface area contributed by atoms with Gasteiger partial charge in [-0.05, 0) is 31.1 Å². The Morgan fingerprint density at radius 2 is 2.41 bits per heavy atom. The molecule has 0 radical (unpaired) electrons. The molecule has 0 saturated carbocycles. The topological polar surface area (TPSA) is 43.8 Å². The second-order valence-corrected chi connectivity index (χ2v) is 4.59. The van der Waals surface area contributed by atoms with Gasteiger partial charge in [0.2, 0.25) is 0 Å². The van der Waals surface area contributed by atoms with Crippen LogP contribution < -0.4 is 16.3 Å². The normalized spacial score (nSPS) is 19.1. The van der Waals surface area contributed by atoms with Crippen LogP contribution in [0, 0.1) is 0 Å². The Kier molecular flexibility index (Phi) is 2.26. The van der Waals surface area contributed by atoms with Crippen molar-refractivity contribution in [1.29, 1.82) is 0 Å². The van der Waals surface area contributed by atoms with Crippen LogP contribution in [0.2, 0.25) is 0 Å². The van der Waals surface area contributed by atoms with Gasteiger partial charge in [-0.2, -0.15) is 5.10 Å². The van der Waals surface area contributed by atoms with Crippen molar-refractivity contribution in [2.75, 3.05) is 0 Å². The van der Waals surface area contributed by atoms with Crippen LogP contribution in [0.3, 0.4) is 0 Å². The van der Waals surface area contributed by atoms with Gasteiger partial charge < -0.3 is 5.73 Å². The van der Waals surface area contributed by atoms with E-state index in [9.17, 15) is 4.39 Å². The van der Waals surface area contributed by atoms with Gasteiger partial charge in [-0.15, -0.1) is 0 Å². The maximum Gasteiger partial charge on any atom is 0.130 e. The zero-order valence-electron chi connectivity index (χ0n) is 9.65. The summed E-state index contributed by atoms with van der Waals surface area (Å²) >= 11 is 0. The highest BCUT2D eigenvalue weighted by Crippen LogP contribution is 2.28. The summed E-state index contributed by atoms with van der Waals surface area (Å²) in [6.45, 7) is 2.59. The quantitative estimate of drug-likeness (QED) is 0.798. The maximum absolute atomic E-state index is 13.7. The molecule has 4 heteroatoms. The molecule has 1 heterocycles. The molecule has 0 saturated heterocycles. The highest BCUT2D eigenvalue weighted by atomic mass is 19.1. The fraction of sp³-hybridized carbons (Fsp3) is 0.308. The highest BCUT2D eigenvalue weighted by molar-refractivity contribution is 5.84. The summed E-state index contributed by atoms with van der Waals surface area (Å²) in [4.78, 5) is 0. The lowest BCUT2D eigenvalue weighted by Crippen LogP contribution is -2.33. The Balaban J connectivity index is 2.20. The molecule has 0 bridgehead atoms. The van der Waals surface area contributed by atoms with Crippen LogP contribution in [0.25, 0.3) is 11.6 Å². The van der Waals surface area contributed by atoms with Crippen LogP contribution in [0.15, 0.2) is 29.7 Å². The van der Waals surface area contributed by atoms with Crippen LogP contribution in [0.4, 0.5) is 4.39 Å². The molecule has 1 atom stereocenters. The maximum atomic E-state index is 13.7. The third kappa shape index (κ3) is 1.56. The van der Waals surface area contributed by atoms with Crippen molar-refractivity contribution in [3.05, 3.63) is 40.3 Å². The molecule has 0 unspecified atom stereocenters.